The molecule has 0 amide bonds. The topological polar surface area (TPSA) is 3.24 Å². The van der Waals surface area contributed by atoms with Gasteiger partial charge < -0.3 is 4.90 Å². The molecule has 1 aromatic rings. The van der Waals surface area contributed by atoms with Crippen LogP contribution in [0.4, 0.5) is 5.69 Å². The minimum Gasteiger partial charge on any atom is -0.374 e. The summed E-state index contributed by atoms with van der Waals surface area (Å²) >= 11 is 4.23. The standard InChI is InChI=1S/C11H17NS/c1-9-4-5-10(2)11(8-9)12(3)6-7-13/h4-5,8,13H,6-7H2,1-3H3. The Hall–Kier alpha value is -0.630. The maximum absolute atomic E-state index is 4.23. The predicted octanol–water partition coefficient (Wildman–Crippen LogP) is 2.67. The molecule has 0 aliphatic carbocycles. The van der Waals surface area contributed by atoms with E-state index in [-0.39, 0.29) is 0 Å². The zero-order valence-electron chi connectivity index (χ0n) is 8.54. The predicted molar refractivity (Wildman–Crippen MR) is 63.0 cm³/mol. The lowest BCUT2D eigenvalue weighted by atomic mass is 10.1. The van der Waals surface area contributed by atoms with Crippen molar-refractivity contribution in [2.24, 2.45) is 0 Å². The first kappa shape index (κ1) is 10.5. The molecule has 0 saturated heterocycles. The van der Waals surface area contributed by atoms with Crippen molar-refractivity contribution < 1.29 is 0 Å². The quantitative estimate of drug-likeness (QED) is 0.726. The summed E-state index contributed by atoms with van der Waals surface area (Å²) in [5.41, 5.74) is 3.95. The molecule has 13 heavy (non-hydrogen) atoms. The molecule has 1 nitrogen and oxygen atoms in total. The number of hydrogen-bond acceptors (Lipinski definition) is 2. The molecule has 0 aliphatic rings. The van der Waals surface area contributed by atoms with Crippen molar-refractivity contribution in [2.45, 2.75) is 13.8 Å². The Morgan fingerprint density at radius 3 is 2.62 bits per heavy atom. The molecule has 0 aromatic heterocycles. The molecule has 72 valence electrons. The fourth-order valence-electron chi connectivity index (χ4n) is 1.40. The van der Waals surface area contributed by atoms with Crippen molar-refractivity contribution in [3.63, 3.8) is 0 Å². The minimum absolute atomic E-state index is 0.893. The lowest BCUT2D eigenvalue weighted by Crippen LogP contribution is -2.20. The summed E-state index contributed by atoms with van der Waals surface area (Å²) in [5.74, 6) is 0.893. The number of aryl methyl sites for hydroxylation is 2. The van der Waals surface area contributed by atoms with E-state index in [0.29, 0.717) is 0 Å². The SMILES string of the molecule is Cc1ccc(C)c(N(C)CCS)c1. The molecule has 0 bridgehead atoms. The molecule has 0 N–H and O–H groups in total. The Labute approximate surface area is 86.2 Å². The number of anilines is 1. The van der Waals surface area contributed by atoms with E-state index in [2.05, 4.69) is 56.6 Å². The van der Waals surface area contributed by atoms with Gasteiger partial charge in [0, 0.05) is 25.0 Å². The van der Waals surface area contributed by atoms with Gasteiger partial charge in [0.15, 0.2) is 0 Å². The molecule has 0 unspecified atom stereocenters. The van der Waals surface area contributed by atoms with E-state index in [1.54, 1.807) is 0 Å². The molecule has 0 aliphatic heterocycles. The molecule has 0 atom stereocenters. The van der Waals surface area contributed by atoms with Crippen LogP contribution < -0.4 is 4.90 Å². The van der Waals surface area contributed by atoms with Crippen molar-refractivity contribution in [3.8, 4) is 0 Å². The first-order valence-corrected chi connectivity index (χ1v) is 5.17. The summed E-state index contributed by atoms with van der Waals surface area (Å²) in [6.45, 7) is 5.26. The van der Waals surface area contributed by atoms with Crippen LogP contribution in [0.5, 0.6) is 0 Å². The van der Waals surface area contributed by atoms with Crippen LogP contribution in [0.15, 0.2) is 18.2 Å². The maximum Gasteiger partial charge on any atom is 0.0396 e. The van der Waals surface area contributed by atoms with E-state index in [9.17, 15) is 0 Å². The number of thiol groups is 1. The fraction of sp³-hybridized carbons (Fsp3) is 0.455. The van der Waals surface area contributed by atoms with Crippen molar-refractivity contribution in [3.05, 3.63) is 29.3 Å². The summed E-state index contributed by atoms with van der Waals surface area (Å²) in [7, 11) is 2.11. The first-order chi connectivity index (χ1) is 6.15. The largest absolute Gasteiger partial charge is 0.374 e. The molecule has 0 heterocycles. The van der Waals surface area contributed by atoms with Crippen LogP contribution in [0.1, 0.15) is 11.1 Å². The van der Waals surface area contributed by atoms with Crippen LogP contribution in [0.3, 0.4) is 0 Å². The van der Waals surface area contributed by atoms with E-state index in [0.717, 1.165) is 12.3 Å². The monoisotopic (exact) mass is 195 g/mol. The summed E-state index contributed by atoms with van der Waals surface area (Å²) in [4.78, 5) is 2.25. The van der Waals surface area contributed by atoms with Crippen molar-refractivity contribution in [1.82, 2.24) is 0 Å². The van der Waals surface area contributed by atoms with Gasteiger partial charge in [0.25, 0.3) is 0 Å². The van der Waals surface area contributed by atoms with Gasteiger partial charge in [-0.15, -0.1) is 0 Å². The van der Waals surface area contributed by atoms with Crippen LogP contribution in [-0.4, -0.2) is 19.3 Å². The van der Waals surface area contributed by atoms with Gasteiger partial charge in [-0.05, 0) is 31.0 Å². The highest BCUT2D eigenvalue weighted by molar-refractivity contribution is 7.80. The average Bonchev–Trinajstić information content (AvgIpc) is 2.09. The molecule has 0 radical (unpaired) electrons. The highest BCUT2D eigenvalue weighted by atomic mass is 32.1. The van der Waals surface area contributed by atoms with E-state index >= 15 is 0 Å². The third-order valence-corrected chi connectivity index (χ3v) is 2.41. The zero-order chi connectivity index (χ0) is 9.84. The number of nitrogens with zero attached hydrogens (tertiary/aromatic N) is 1. The van der Waals surface area contributed by atoms with Gasteiger partial charge in [0.05, 0.1) is 0 Å². The second-order valence-corrected chi connectivity index (χ2v) is 3.88. The normalized spacial score (nSPS) is 10.2. The second-order valence-electron chi connectivity index (χ2n) is 3.44. The summed E-state index contributed by atoms with van der Waals surface area (Å²) in [6, 6.07) is 6.53. The van der Waals surface area contributed by atoms with E-state index in [4.69, 9.17) is 0 Å². The second kappa shape index (κ2) is 4.56. The maximum atomic E-state index is 4.23. The van der Waals surface area contributed by atoms with Crippen LogP contribution in [0.25, 0.3) is 0 Å². The highest BCUT2D eigenvalue weighted by Gasteiger charge is 2.02. The Morgan fingerprint density at radius 2 is 2.00 bits per heavy atom. The van der Waals surface area contributed by atoms with Crippen LogP contribution in [0.2, 0.25) is 0 Å². The Kier molecular flexibility index (Phi) is 3.67. The summed E-state index contributed by atoms with van der Waals surface area (Å²) in [5, 5.41) is 0. The lowest BCUT2D eigenvalue weighted by Gasteiger charge is -2.20. The number of benzene rings is 1. The minimum atomic E-state index is 0.893. The van der Waals surface area contributed by atoms with E-state index < -0.39 is 0 Å². The molecule has 2 heteroatoms. The third kappa shape index (κ3) is 2.66. The Bertz CT molecular complexity index is 283. The third-order valence-electron chi connectivity index (χ3n) is 2.21. The molecule has 1 aromatic carbocycles. The van der Waals surface area contributed by atoms with Gasteiger partial charge >= 0.3 is 0 Å². The van der Waals surface area contributed by atoms with E-state index in [1.807, 2.05) is 0 Å². The molecule has 0 saturated carbocycles. The summed E-state index contributed by atoms with van der Waals surface area (Å²) < 4.78 is 0. The van der Waals surface area contributed by atoms with Gasteiger partial charge in [0.1, 0.15) is 0 Å². The zero-order valence-corrected chi connectivity index (χ0v) is 9.44. The van der Waals surface area contributed by atoms with Gasteiger partial charge in [-0.3, -0.25) is 0 Å². The number of hydrogen-bond donors (Lipinski definition) is 1. The van der Waals surface area contributed by atoms with Gasteiger partial charge in [-0.1, -0.05) is 12.1 Å². The van der Waals surface area contributed by atoms with E-state index in [1.165, 1.54) is 16.8 Å². The molecule has 1 rings (SSSR count). The Morgan fingerprint density at radius 1 is 1.31 bits per heavy atom. The summed E-state index contributed by atoms with van der Waals surface area (Å²) in [6.07, 6.45) is 0. The molecule has 0 fully saturated rings. The smallest absolute Gasteiger partial charge is 0.0396 e. The van der Waals surface area contributed by atoms with Gasteiger partial charge in [-0.25, -0.2) is 0 Å². The van der Waals surface area contributed by atoms with Crippen LogP contribution in [-0.2, 0) is 0 Å². The van der Waals surface area contributed by atoms with Crippen LogP contribution >= 0.6 is 12.6 Å². The lowest BCUT2D eigenvalue weighted by molar-refractivity contribution is 0.970. The van der Waals surface area contributed by atoms with Crippen molar-refractivity contribution >= 4 is 18.3 Å². The van der Waals surface area contributed by atoms with Crippen LogP contribution in [0, 0.1) is 13.8 Å². The average molecular weight is 195 g/mol. The molecular weight excluding hydrogens is 178 g/mol. The van der Waals surface area contributed by atoms with Gasteiger partial charge in [-0.2, -0.15) is 12.6 Å². The fourth-order valence-corrected chi connectivity index (χ4v) is 1.70. The molecule has 0 spiro atoms. The highest BCUT2D eigenvalue weighted by Crippen LogP contribution is 2.19. The first-order valence-electron chi connectivity index (χ1n) is 4.54. The van der Waals surface area contributed by atoms with Crippen molar-refractivity contribution in [1.29, 1.82) is 0 Å². The van der Waals surface area contributed by atoms with Crippen molar-refractivity contribution in [2.75, 3.05) is 24.2 Å². The number of rotatable bonds is 3. The van der Waals surface area contributed by atoms with Gasteiger partial charge in [0.2, 0.25) is 0 Å². The Balaban J connectivity index is 2.91. The molecular formula is C11H17NS.